The largest absolute Gasteiger partial charge is 0.314 e. The maximum atomic E-state index is 12.0. The average Bonchev–Trinajstić information content (AvgIpc) is 2.92. The van der Waals surface area contributed by atoms with Crippen molar-refractivity contribution in [2.75, 3.05) is 26.7 Å². The van der Waals surface area contributed by atoms with Gasteiger partial charge in [-0.25, -0.2) is 4.72 Å². The first-order valence-corrected chi connectivity index (χ1v) is 9.80. The molecule has 0 aromatic rings. The Labute approximate surface area is 131 Å². The molecule has 1 aliphatic carbocycles. The lowest BCUT2D eigenvalue weighted by molar-refractivity contribution is 0.433. The molecule has 126 valence electrons. The van der Waals surface area contributed by atoms with Crippen LogP contribution < -0.4 is 10.0 Å². The van der Waals surface area contributed by atoms with Gasteiger partial charge in [-0.2, -0.15) is 12.7 Å². The standard InChI is InChI=1S/C15H33N3O2S/c1-14(2)16-11-7-13-18(3)21(19,20)17-12-6-10-15-8-4-5-9-15/h14-17H,4-13H2,1-3H3. The Kier molecular flexibility index (Phi) is 8.78. The minimum absolute atomic E-state index is 0.445. The molecule has 21 heavy (non-hydrogen) atoms. The second-order valence-corrected chi connectivity index (χ2v) is 8.34. The Morgan fingerprint density at radius 3 is 2.43 bits per heavy atom. The van der Waals surface area contributed by atoms with Gasteiger partial charge in [0.2, 0.25) is 0 Å². The third-order valence-corrected chi connectivity index (χ3v) is 5.73. The number of hydrogen-bond acceptors (Lipinski definition) is 3. The minimum atomic E-state index is -3.30. The highest BCUT2D eigenvalue weighted by Gasteiger charge is 2.17. The van der Waals surface area contributed by atoms with E-state index in [0.717, 1.165) is 31.7 Å². The molecule has 6 heteroatoms. The van der Waals surface area contributed by atoms with Crippen molar-refractivity contribution in [3.63, 3.8) is 0 Å². The van der Waals surface area contributed by atoms with Crippen LogP contribution >= 0.6 is 0 Å². The van der Waals surface area contributed by atoms with Crippen LogP contribution in [0.2, 0.25) is 0 Å². The van der Waals surface area contributed by atoms with Gasteiger partial charge in [0, 0.05) is 26.2 Å². The van der Waals surface area contributed by atoms with E-state index in [2.05, 4.69) is 23.9 Å². The SMILES string of the molecule is CC(C)NCCCN(C)S(=O)(=O)NCCCC1CCCC1. The van der Waals surface area contributed by atoms with Crippen molar-refractivity contribution in [2.45, 2.75) is 64.8 Å². The molecule has 0 aromatic heterocycles. The molecule has 1 fully saturated rings. The summed E-state index contributed by atoms with van der Waals surface area (Å²) in [5, 5.41) is 3.29. The van der Waals surface area contributed by atoms with Gasteiger partial charge in [0.1, 0.15) is 0 Å². The van der Waals surface area contributed by atoms with Gasteiger partial charge in [-0.1, -0.05) is 39.5 Å². The molecule has 0 radical (unpaired) electrons. The monoisotopic (exact) mass is 319 g/mol. The fourth-order valence-electron chi connectivity index (χ4n) is 2.81. The topological polar surface area (TPSA) is 61.4 Å². The van der Waals surface area contributed by atoms with Gasteiger partial charge in [0.05, 0.1) is 0 Å². The van der Waals surface area contributed by atoms with Gasteiger partial charge >= 0.3 is 0 Å². The lowest BCUT2D eigenvalue weighted by atomic mass is 10.0. The van der Waals surface area contributed by atoms with E-state index in [1.54, 1.807) is 7.05 Å². The first-order valence-electron chi connectivity index (χ1n) is 8.36. The molecular weight excluding hydrogens is 286 g/mol. The molecule has 5 nitrogen and oxygen atoms in total. The molecule has 1 saturated carbocycles. The smallest absolute Gasteiger partial charge is 0.279 e. The highest BCUT2D eigenvalue weighted by Crippen LogP contribution is 2.28. The van der Waals surface area contributed by atoms with Crippen LogP contribution in [0.25, 0.3) is 0 Å². The van der Waals surface area contributed by atoms with Gasteiger partial charge in [0.25, 0.3) is 10.2 Å². The quantitative estimate of drug-likeness (QED) is 0.573. The highest BCUT2D eigenvalue weighted by molar-refractivity contribution is 7.87. The van der Waals surface area contributed by atoms with Crippen molar-refractivity contribution in [1.29, 1.82) is 0 Å². The van der Waals surface area contributed by atoms with E-state index in [1.807, 2.05) is 0 Å². The first-order chi connectivity index (χ1) is 9.92. The summed E-state index contributed by atoms with van der Waals surface area (Å²) in [6, 6.07) is 0.445. The summed E-state index contributed by atoms with van der Waals surface area (Å²) < 4.78 is 28.2. The van der Waals surface area contributed by atoms with E-state index >= 15 is 0 Å². The predicted molar refractivity (Wildman–Crippen MR) is 88.5 cm³/mol. The lowest BCUT2D eigenvalue weighted by Crippen LogP contribution is -2.40. The normalized spacial score (nSPS) is 17.2. The van der Waals surface area contributed by atoms with E-state index in [-0.39, 0.29) is 0 Å². The molecule has 0 atom stereocenters. The van der Waals surface area contributed by atoms with Crippen LogP contribution in [0, 0.1) is 5.92 Å². The van der Waals surface area contributed by atoms with Gasteiger partial charge in [-0.3, -0.25) is 0 Å². The van der Waals surface area contributed by atoms with Crippen molar-refractivity contribution in [3.05, 3.63) is 0 Å². The van der Waals surface area contributed by atoms with E-state index in [4.69, 9.17) is 0 Å². The molecule has 0 saturated heterocycles. The van der Waals surface area contributed by atoms with Crippen LogP contribution in [-0.4, -0.2) is 45.4 Å². The second kappa shape index (κ2) is 9.77. The molecular formula is C15H33N3O2S. The Balaban J connectivity index is 2.12. The van der Waals surface area contributed by atoms with Gasteiger partial charge in [0.15, 0.2) is 0 Å². The molecule has 0 aromatic carbocycles. The zero-order valence-electron chi connectivity index (χ0n) is 13.9. The number of rotatable bonds is 11. The summed E-state index contributed by atoms with van der Waals surface area (Å²) in [5.74, 6) is 0.828. The van der Waals surface area contributed by atoms with Crippen LogP contribution in [0.15, 0.2) is 0 Å². The Hall–Kier alpha value is -0.170. The van der Waals surface area contributed by atoms with Crippen LogP contribution in [0.1, 0.15) is 58.8 Å². The Morgan fingerprint density at radius 1 is 1.14 bits per heavy atom. The van der Waals surface area contributed by atoms with E-state index in [1.165, 1.54) is 30.0 Å². The number of hydrogen-bond donors (Lipinski definition) is 2. The number of nitrogens with one attached hydrogen (secondary N) is 2. The van der Waals surface area contributed by atoms with Crippen molar-refractivity contribution >= 4 is 10.2 Å². The van der Waals surface area contributed by atoms with Crippen molar-refractivity contribution < 1.29 is 8.42 Å². The van der Waals surface area contributed by atoms with Crippen molar-refractivity contribution in [1.82, 2.24) is 14.3 Å². The summed E-state index contributed by atoms with van der Waals surface area (Å²) in [4.78, 5) is 0. The fraction of sp³-hybridized carbons (Fsp3) is 1.00. The van der Waals surface area contributed by atoms with Crippen LogP contribution in [0.4, 0.5) is 0 Å². The Bertz CT molecular complexity index is 365. The summed E-state index contributed by atoms with van der Waals surface area (Å²) in [7, 11) is -1.65. The average molecular weight is 320 g/mol. The first kappa shape index (κ1) is 18.9. The molecule has 2 N–H and O–H groups in total. The number of nitrogens with zero attached hydrogens (tertiary/aromatic N) is 1. The highest BCUT2D eigenvalue weighted by atomic mass is 32.2. The van der Waals surface area contributed by atoms with Crippen LogP contribution in [0.3, 0.4) is 0 Å². The maximum absolute atomic E-state index is 12.0. The van der Waals surface area contributed by atoms with E-state index in [0.29, 0.717) is 19.1 Å². The summed E-state index contributed by atoms with van der Waals surface area (Å²) in [6.45, 7) is 6.14. The fourth-order valence-corrected chi connectivity index (χ4v) is 3.81. The van der Waals surface area contributed by atoms with Gasteiger partial charge in [-0.05, 0) is 31.7 Å². The molecule has 0 amide bonds. The van der Waals surface area contributed by atoms with Crippen molar-refractivity contribution in [2.24, 2.45) is 5.92 Å². The molecule has 1 aliphatic rings. The summed E-state index contributed by atoms with van der Waals surface area (Å²) >= 11 is 0. The second-order valence-electron chi connectivity index (χ2n) is 6.48. The summed E-state index contributed by atoms with van der Waals surface area (Å²) in [6.07, 6.45) is 8.30. The molecule has 1 rings (SSSR count). The van der Waals surface area contributed by atoms with E-state index in [9.17, 15) is 8.42 Å². The van der Waals surface area contributed by atoms with Crippen LogP contribution in [0.5, 0.6) is 0 Å². The molecule has 0 heterocycles. The zero-order chi connectivity index (χ0) is 15.7. The van der Waals surface area contributed by atoms with Gasteiger partial charge < -0.3 is 5.32 Å². The van der Waals surface area contributed by atoms with E-state index < -0.39 is 10.2 Å². The third-order valence-electron chi connectivity index (χ3n) is 4.16. The molecule has 0 bridgehead atoms. The molecule has 0 unspecified atom stereocenters. The third kappa shape index (κ3) is 8.14. The summed E-state index contributed by atoms with van der Waals surface area (Å²) in [5.41, 5.74) is 0. The Morgan fingerprint density at radius 2 is 1.81 bits per heavy atom. The molecule has 0 spiro atoms. The van der Waals surface area contributed by atoms with Crippen LogP contribution in [-0.2, 0) is 10.2 Å². The minimum Gasteiger partial charge on any atom is -0.314 e. The van der Waals surface area contributed by atoms with Gasteiger partial charge in [-0.15, -0.1) is 0 Å². The van der Waals surface area contributed by atoms with Crippen molar-refractivity contribution in [3.8, 4) is 0 Å². The lowest BCUT2D eigenvalue weighted by Gasteiger charge is -2.18. The zero-order valence-corrected chi connectivity index (χ0v) is 14.7. The maximum Gasteiger partial charge on any atom is 0.279 e. The molecule has 0 aliphatic heterocycles. The predicted octanol–water partition coefficient (Wildman–Crippen LogP) is 2.11.